The summed E-state index contributed by atoms with van der Waals surface area (Å²) in [4.78, 5) is 20.2. The molecule has 196 valence electrons. The number of methoxy groups -OCH3 is 1. The van der Waals surface area contributed by atoms with Crippen LogP contribution in [0.3, 0.4) is 0 Å². The van der Waals surface area contributed by atoms with Crippen LogP contribution < -0.4 is 25.6 Å². The Balaban J connectivity index is 1.26. The number of anilines is 1. The standard InChI is InChI=1S/C27H23F3N4O4/c1-36-19-3-4-21-17(11-19)6-8-34-23(21)13-25(33-26(34)35)37-9-7-16-2-5-24(22(31)10-16)38-20-12-18(14-32-15-20)27(28,29)30/h2-5,10-15H,6-9,31H2,1H3. The number of hydrogen-bond donors (Lipinski definition) is 1. The van der Waals surface area contributed by atoms with E-state index >= 15 is 0 Å². The maximum Gasteiger partial charge on any atom is 0.418 e. The van der Waals surface area contributed by atoms with E-state index in [9.17, 15) is 18.0 Å². The van der Waals surface area contributed by atoms with Gasteiger partial charge in [0.2, 0.25) is 5.88 Å². The normalized spacial score (nSPS) is 12.4. The van der Waals surface area contributed by atoms with Crippen LogP contribution in [0.2, 0.25) is 0 Å². The second kappa shape index (κ2) is 10.1. The number of hydrogen-bond acceptors (Lipinski definition) is 7. The van der Waals surface area contributed by atoms with Gasteiger partial charge in [-0.3, -0.25) is 9.55 Å². The number of benzene rings is 2. The Bertz CT molecular complexity index is 1550. The summed E-state index contributed by atoms with van der Waals surface area (Å²) in [6.07, 6.45) is -1.48. The summed E-state index contributed by atoms with van der Waals surface area (Å²) in [5, 5.41) is 0. The van der Waals surface area contributed by atoms with Crippen LogP contribution in [0.5, 0.6) is 23.1 Å². The monoisotopic (exact) mass is 524 g/mol. The summed E-state index contributed by atoms with van der Waals surface area (Å²) < 4.78 is 57.0. The molecule has 0 saturated carbocycles. The van der Waals surface area contributed by atoms with Gasteiger partial charge in [0.15, 0.2) is 0 Å². The number of fused-ring (bicyclic) bond motifs is 3. The fourth-order valence-corrected chi connectivity index (χ4v) is 4.26. The number of rotatable bonds is 7. The van der Waals surface area contributed by atoms with Crippen LogP contribution in [-0.2, 0) is 25.6 Å². The molecule has 0 bridgehead atoms. The van der Waals surface area contributed by atoms with Crippen molar-refractivity contribution >= 4 is 5.69 Å². The van der Waals surface area contributed by atoms with Gasteiger partial charge in [0.05, 0.1) is 36.9 Å². The minimum absolute atomic E-state index is 0.0765. The van der Waals surface area contributed by atoms with Crippen molar-refractivity contribution < 1.29 is 27.4 Å². The molecule has 0 spiro atoms. The van der Waals surface area contributed by atoms with E-state index in [-0.39, 0.29) is 35.4 Å². The summed E-state index contributed by atoms with van der Waals surface area (Å²) in [5.74, 6) is 1.10. The molecule has 0 amide bonds. The number of nitrogens with zero attached hydrogens (tertiary/aromatic N) is 3. The largest absolute Gasteiger partial charge is 0.497 e. The van der Waals surface area contributed by atoms with Gasteiger partial charge < -0.3 is 19.9 Å². The number of aromatic nitrogens is 3. The number of aryl methyl sites for hydroxylation is 1. The molecule has 11 heteroatoms. The zero-order chi connectivity index (χ0) is 26.9. The maximum absolute atomic E-state index is 12.9. The number of alkyl halides is 3. The zero-order valence-electron chi connectivity index (χ0n) is 20.3. The van der Waals surface area contributed by atoms with E-state index in [1.54, 1.807) is 35.9 Å². The Morgan fingerprint density at radius 2 is 1.89 bits per heavy atom. The highest BCUT2D eigenvalue weighted by Gasteiger charge is 2.31. The van der Waals surface area contributed by atoms with Gasteiger partial charge in [-0.25, -0.2) is 4.79 Å². The van der Waals surface area contributed by atoms with Crippen molar-refractivity contribution in [1.29, 1.82) is 0 Å². The van der Waals surface area contributed by atoms with Gasteiger partial charge in [0.25, 0.3) is 0 Å². The molecule has 2 aromatic carbocycles. The molecule has 0 atom stereocenters. The van der Waals surface area contributed by atoms with Crippen molar-refractivity contribution in [3.8, 4) is 34.4 Å². The van der Waals surface area contributed by atoms with E-state index in [1.165, 1.54) is 6.20 Å². The Morgan fingerprint density at radius 3 is 2.66 bits per heavy atom. The number of ether oxygens (including phenoxy) is 3. The summed E-state index contributed by atoms with van der Waals surface area (Å²) in [6, 6.07) is 13.3. The minimum atomic E-state index is -4.53. The Kier molecular flexibility index (Phi) is 6.66. The quantitative estimate of drug-likeness (QED) is 0.344. The third kappa shape index (κ3) is 5.26. The van der Waals surface area contributed by atoms with Gasteiger partial charge in [-0.2, -0.15) is 18.2 Å². The van der Waals surface area contributed by atoms with E-state index in [0.29, 0.717) is 19.4 Å². The summed E-state index contributed by atoms with van der Waals surface area (Å²) in [7, 11) is 1.61. The first kappa shape index (κ1) is 25.1. The first-order valence-electron chi connectivity index (χ1n) is 11.7. The Morgan fingerprint density at radius 1 is 1.05 bits per heavy atom. The smallest absolute Gasteiger partial charge is 0.418 e. The first-order chi connectivity index (χ1) is 18.2. The molecule has 0 unspecified atom stereocenters. The van der Waals surface area contributed by atoms with E-state index < -0.39 is 11.7 Å². The molecule has 5 rings (SSSR count). The SMILES string of the molecule is COc1ccc2c(c1)CCn1c-2cc(OCCc2ccc(Oc3cncc(C(F)(F)F)c3)c(N)c2)nc1=O. The van der Waals surface area contributed by atoms with Crippen LogP contribution in [0.15, 0.2) is 65.7 Å². The lowest BCUT2D eigenvalue weighted by atomic mass is 9.97. The summed E-state index contributed by atoms with van der Waals surface area (Å²) in [6.45, 7) is 0.744. The van der Waals surface area contributed by atoms with Crippen molar-refractivity contribution in [3.63, 3.8) is 0 Å². The van der Waals surface area contributed by atoms with Crippen molar-refractivity contribution in [3.05, 3.63) is 88.1 Å². The van der Waals surface area contributed by atoms with Crippen molar-refractivity contribution in [2.24, 2.45) is 0 Å². The van der Waals surface area contributed by atoms with E-state index in [2.05, 4.69) is 9.97 Å². The molecule has 8 nitrogen and oxygen atoms in total. The molecular weight excluding hydrogens is 501 g/mol. The molecule has 0 fully saturated rings. The van der Waals surface area contributed by atoms with Crippen LogP contribution >= 0.6 is 0 Å². The van der Waals surface area contributed by atoms with Crippen molar-refractivity contribution in [2.45, 2.75) is 25.6 Å². The molecule has 0 aliphatic carbocycles. The van der Waals surface area contributed by atoms with Crippen LogP contribution in [-0.4, -0.2) is 28.3 Å². The van der Waals surface area contributed by atoms with Gasteiger partial charge in [0, 0.05) is 30.8 Å². The second-order valence-electron chi connectivity index (χ2n) is 8.67. The van der Waals surface area contributed by atoms with Crippen LogP contribution in [0.4, 0.5) is 18.9 Å². The molecular formula is C27H23F3N4O4. The van der Waals surface area contributed by atoms with E-state index in [0.717, 1.165) is 40.4 Å². The molecule has 4 aromatic rings. The minimum Gasteiger partial charge on any atom is -0.497 e. The second-order valence-corrected chi connectivity index (χ2v) is 8.67. The highest BCUT2D eigenvalue weighted by molar-refractivity contribution is 5.67. The van der Waals surface area contributed by atoms with Crippen LogP contribution in [0, 0.1) is 0 Å². The van der Waals surface area contributed by atoms with Gasteiger partial charge in [-0.15, -0.1) is 0 Å². The highest BCUT2D eigenvalue weighted by Crippen LogP contribution is 2.34. The van der Waals surface area contributed by atoms with Crippen molar-refractivity contribution in [2.75, 3.05) is 19.5 Å². The fraction of sp³-hybridized carbons (Fsp3) is 0.222. The van der Waals surface area contributed by atoms with Gasteiger partial charge >= 0.3 is 11.9 Å². The predicted octanol–water partition coefficient (Wildman–Crippen LogP) is 4.88. The van der Waals surface area contributed by atoms with Crippen LogP contribution in [0.25, 0.3) is 11.3 Å². The zero-order valence-corrected chi connectivity index (χ0v) is 20.3. The third-order valence-electron chi connectivity index (χ3n) is 6.16. The fourth-order valence-electron chi connectivity index (χ4n) is 4.26. The summed E-state index contributed by atoms with van der Waals surface area (Å²) >= 11 is 0. The molecule has 0 radical (unpaired) electrons. The molecule has 3 heterocycles. The molecule has 2 N–H and O–H groups in total. The van der Waals surface area contributed by atoms with E-state index in [4.69, 9.17) is 19.9 Å². The summed E-state index contributed by atoms with van der Waals surface area (Å²) in [5.41, 5.74) is 8.57. The Hall–Kier alpha value is -4.54. The van der Waals surface area contributed by atoms with Gasteiger partial charge in [-0.05, 0) is 53.9 Å². The molecule has 0 saturated heterocycles. The lowest BCUT2D eigenvalue weighted by Crippen LogP contribution is -2.28. The lowest BCUT2D eigenvalue weighted by molar-refractivity contribution is -0.137. The average Bonchev–Trinajstić information content (AvgIpc) is 2.89. The topological polar surface area (TPSA) is 101 Å². The average molecular weight is 524 g/mol. The van der Waals surface area contributed by atoms with Crippen LogP contribution in [0.1, 0.15) is 16.7 Å². The molecule has 1 aliphatic rings. The third-order valence-corrected chi connectivity index (χ3v) is 6.16. The predicted molar refractivity (Wildman–Crippen MR) is 134 cm³/mol. The van der Waals surface area contributed by atoms with Gasteiger partial charge in [-0.1, -0.05) is 6.07 Å². The number of nitrogen functional groups attached to an aromatic ring is 1. The Labute approximate surface area is 215 Å². The number of halogens is 3. The molecule has 1 aliphatic heterocycles. The molecule has 2 aromatic heterocycles. The lowest BCUT2D eigenvalue weighted by Gasteiger charge is -2.22. The van der Waals surface area contributed by atoms with Gasteiger partial charge in [0.1, 0.15) is 17.2 Å². The first-order valence-corrected chi connectivity index (χ1v) is 11.7. The van der Waals surface area contributed by atoms with Crippen molar-refractivity contribution in [1.82, 2.24) is 14.5 Å². The number of nitrogens with two attached hydrogens (primary N) is 1. The highest BCUT2D eigenvalue weighted by atomic mass is 19.4. The van der Waals surface area contributed by atoms with E-state index in [1.807, 2.05) is 18.2 Å². The maximum atomic E-state index is 12.9. The molecule has 38 heavy (non-hydrogen) atoms. The number of pyridine rings is 1.